The number of nitrogens with one attached hydrogen (secondary N) is 2. The summed E-state index contributed by atoms with van der Waals surface area (Å²) in [6, 6.07) is -0.532. The molecule has 0 aromatic carbocycles. The number of ether oxygens (including phenoxy) is 2. The lowest BCUT2D eigenvalue weighted by molar-refractivity contribution is -0.117. The Morgan fingerprint density at radius 2 is 2.04 bits per heavy atom. The lowest BCUT2D eigenvalue weighted by Gasteiger charge is -2.28. The van der Waals surface area contributed by atoms with Crippen LogP contribution in [0.1, 0.15) is 13.8 Å². The average molecular weight is 401 g/mol. The first-order chi connectivity index (χ1) is 13.0. The van der Waals surface area contributed by atoms with E-state index in [0.29, 0.717) is 37.4 Å². The Morgan fingerprint density at radius 1 is 1.30 bits per heavy atom. The van der Waals surface area contributed by atoms with Gasteiger partial charge in [0.25, 0.3) is 0 Å². The van der Waals surface area contributed by atoms with E-state index in [-0.39, 0.29) is 11.7 Å². The number of carbonyl (C=O) groups excluding carboxylic acids is 2. The molecule has 1 aromatic heterocycles. The van der Waals surface area contributed by atoms with Crippen molar-refractivity contribution in [3.8, 4) is 0 Å². The van der Waals surface area contributed by atoms with Crippen LogP contribution in [0.4, 0.5) is 10.7 Å². The second-order valence-electron chi connectivity index (χ2n) is 6.47. The molecular formula is C16H28N6O4S. The first-order valence-electron chi connectivity index (χ1n) is 8.96. The van der Waals surface area contributed by atoms with Gasteiger partial charge in [-0.2, -0.15) is 0 Å². The maximum Gasteiger partial charge on any atom is 0.321 e. The van der Waals surface area contributed by atoms with E-state index < -0.39 is 6.03 Å². The summed E-state index contributed by atoms with van der Waals surface area (Å²) in [5, 5.41) is 14.1. The first-order valence-corrected chi connectivity index (χ1v) is 9.95. The molecule has 1 aromatic rings. The van der Waals surface area contributed by atoms with Crippen LogP contribution in [0.5, 0.6) is 0 Å². The smallest absolute Gasteiger partial charge is 0.321 e. The Morgan fingerprint density at radius 3 is 2.70 bits per heavy atom. The zero-order chi connectivity index (χ0) is 19.6. The van der Waals surface area contributed by atoms with Gasteiger partial charge in [-0.15, -0.1) is 10.2 Å². The van der Waals surface area contributed by atoms with Gasteiger partial charge in [0.05, 0.1) is 25.6 Å². The first kappa shape index (κ1) is 21.5. The minimum absolute atomic E-state index is 0.0804. The molecule has 0 aliphatic carbocycles. The van der Waals surface area contributed by atoms with E-state index in [1.54, 1.807) is 7.11 Å². The van der Waals surface area contributed by atoms with Gasteiger partial charge in [-0.05, 0) is 5.92 Å². The van der Waals surface area contributed by atoms with Crippen LogP contribution in [0.15, 0.2) is 5.16 Å². The number of methoxy groups -OCH3 is 1. The highest BCUT2D eigenvalue weighted by Crippen LogP contribution is 2.24. The molecular weight excluding hydrogens is 372 g/mol. The summed E-state index contributed by atoms with van der Waals surface area (Å²) in [5.74, 6) is 0.895. The van der Waals surface area contributed by atoms with Gasteiger partial charge < -0.3 is 19.7 Å². The van der Waals surface area contributed by atoms with Gasteiger partial charge in [0.1, 0.15) is 0 Å². The van der Waals surface area contributed by atoms with Crippen molar-refractivity contribution in [1.82, 2.24) is 25.4 Å². The highest BCUT2D eigenvalue weighted by Gasteiger charge is 2.21. The van der Waals surface area contributed by atoms with E-state index >= 15 is 0 Å². The van der Waals surface area contributed by atoms with Gasteiger partial charge in [-0.3, -0.25) is 14.7 Å². The Hall–Kier alpha value is -1.85. The number of thioether (sulfide) groups is 1. The SMILES string of the molecule is COCCNC(=O)NC(=O)CSc1nnc(N2CCOCC2)n1CC(C)C. The number of morpholine rings is 1. The largest absolute Gasteiger partial charge is 0.383 e. The summed E-state index contributed by atoms with van der Waals surface area (Å²) in [5.41, 5.74) is 0. The molecule has 2 N–H and O–H groups in total. The van der Waals surface area contributed by atoms with Gasteiger partial charge in [-0.25, -0.2) is 4.79 Å². The highest BCUT2D eigenvalue weighted by molar-refractivity contribution is 7.99. The molecule has 27 heavy (non-hydrogen) atoms. The lowest BCUT2D eigenvalue weighted by Crippen LogP contribution is -2.41. The molecule has 0 radical (unpaired) electrons. The van der Waals surface area contributed by atoms with Crippen LogP contribution >= 0.6 is 11.8 Å². The third-order valence-electron chi connectivity index (χ3n) is 3.72. The molecule has 1 saturated heterocycles. The van der Waals surface area contributed by atoms with Gasteiger partial charge in [0, 0.05) is 33.3 Å². The summed E-state index contributed by atoms with van der Waals surface area (Å²) in [6.45, 7) is 8.58. The van der Waals surface area contributed by atoms with E-state index in [2.05, 4.69) is 39.6 Å². The zero-order valence-corrected chi connectivity index (χ0v) is 16.9. The maximum absolute atomic E-state index is 12.0. The van der Waals surface area contributed by atoms with E-state index in [0.717, 1.165) is 25.6 Å². The third kappa shape index (κ3) is 7.00. The number of hydrogen-bond donors (Lipinski definition) is 2. The van der Waals surface area contributed by atoms with Crippen molar-refractivity contribution in [1.29, 1.82) is 0 Å². The molecule has 11 heteroatoms. The van der Waals surface area contributed by atoms with Crippen LogP contribution < -0.4 is 15.5 Å². The average Bonchev–Trinajstić information content (AvgIpc) is 3.03. The summed E-state index contributed by atoms with van der Waals surface area (Å²) < 4.78 is 12.3. The molecule has 3 amide bonds. The molecule has 0 unspecified atom stereocenters. The van der Waals surface area contributed by atoms with Crippen LogP contribution in [0, 0.1) is 5.92 Å². The van der Waals surface area contributed by atoms with Crippen molar-refractivity contribution in [3.05, 3.63) is 0 Å². The monoisotopic (exact) mass is 400 g/mol. The number of imide groups is 1. The summed E-state index contributed by atoms with van der Waals surface area (Å²) in [6.07, 6.45) is 0. The van der Waals surface area contributed by atoms with Crippen molar-refractivity contribution >= 4 is 29.6 Å². The topological polar surface area (TPSA) is 111 Å². The fourth-order valence-corrected chi connectivity index (χ4v) is 3.26. The van der Waals surface area contributed by atoms with Gasteiger partial charge in [0.2, 0.25) is 11.9 Å². The van der Waals surface area contributed by atoms with E-state index in [1.165, 1.54) is 11.8 Å². The van der Waals surface area contributed by atoms with Crippen LogP contribution in [0.3, 0.4) is 0 Å². The number of amides is 3. The van der Waals surface area contributed by atoms with Crippen LogP contribution in [-0.2, 0) is 20.8 Å². The van der Waals surface area contributed by atoms with E-state index in [1.807, 2.05) is 4.57 Å². The lowest BCUT2D eigenvalue weighted by atomic mass is 10.2. The van der Waals surface area contributed by atoms with Gasteiger partial charge >= 0.3 is 6.03 Å². The Bertz CT molecular complexity index is 618. The van der Waals surface area contributed by atoms with Crippen molar-refractivity contribution < 1.29 is 19.1 Å². The quantitative estimate of drug-likeness (QED) is 0.451. The van der Waals surface area contributed by atoms with Crippen molar-refractivity contribution in [3.63, 3.8) is 0 Å². The summed E-state index contributed by atoms with van der Waals surface area (Å²) >= 11 is 1.27. The van der Waals surface area contributed by atoms with Crippen molar-refractivity contribution in [2.24, 2.45) is 5.92 Å². The molecule has 0 bridgehead atoms. The van der Waals surface area contributed by atoms with Crippen molar-refractivity contribution in [2.75, 3.05) is 57.2 Å². The maximum atomic E-state index is 12.0. The number of urea groups is 1. The number of anilines is 1. The minimum Gasteiger partial charge on any atom is -0.383 e. The summed E-state index contributed by atoms with van der Waals surface area (Å²) in [7, 11) is 1.54. The molecule has 0 saturated carbocycles. The third-order valence-corrected chi connectivity index (χ3v) is 4.68. The number of nitrogens with zero attached hydrogens (tertiary/aromatic N) is 4. The fraction of sp³-hybridized carbons (Fsp3) is 0.750. The molecule has 0 spiro atoms. The zero-order valence-electron chi connectivity index (χ0n) is 16.1. The number of rotatable bonds is 9. The van der Waals surface area contributed by atoms with E-state index in [9.17, 15) is 9.59 Å². The van der Waals surface area contributed by atoms with Crippen LogP contribution in [0.2, 0.25) is 0 Å². The molecule has 1 aliphatic rings. The highest BCUT2D eigenvalue weighted by atomic mass is 32.2. The Balaban J connectivity index is 1.93. The van der Waals surface area contributed by atoms with Crippen LogP contribution in [0.25, 0.3) is 0 Å². The van der Waals surface area contributed by atoms with Gasteiger partial charge in [-0.1, -0.05) is 25.6 Å². The normalized spacial score (nSPS) is 14.4. The molecule has 0 atom stereocenters. The van der Waals surface area contributed by atoms with Gasteiger partial charge in [0.15, 0.2) is 5.16 Å². The molecule has 1 fully saturated rings. The minimum atomic E-state index is -0.532. The number of aromatic nitrogens is 3. The standard InChI is InChI=1S/C16H28N6O4S/c1-12(2)10-22-15(21-5-8-26-9-6-21)19-20-16(22)27-11-13(23)18-14(24)17-4-7-25-3/h12H,4-11H2,1-3H3,(H2,17,18,23,24). The number of hydrogen-bond acceptors (Lipinski definition) is 8. The molecule has 2 heterocycles. The predicted molar refractivity (Wildman–Crippen MR) is 102 cm³/mol. The number of carbonyl (C=O) groups is 2. The van der Waals surface area contributed by atoms with E-state index in [4.69, 9.17) is 9.47 Å². The fourth-order valence-electron chi connectivity index (χ4n) is 2.51. The molecule has 2 rings (SSSR count). The molecule has 152 valence electrons. The Kier molecular flexibility index (Phi) is 8.82. The second kappa shape index (κ2) is 11.1. The second-order valence-corrected chi connectivity index (χ2v) is 7.41. The Labute approximate surface area is 163 Å². The van der Waals surface area contributed by atoms with Crippen LogP contribution in [-0.4, -0.2) is 79.0 Å². The molecule has 1 aliphatic heterocycles. The summed E-state index contributed by atoms with van der Waals surface area (Å²) in [4.78, 5) is 25.7. The van der Waals surface area contributed by atoms with Crippen molar-refractivity contribution in [2.45, 2.75) is 25.5 Å². The predicted octanol–water partition coefficient (Wildman–Crippen LogP) is 0.335. The molecule has 10 nitrogen and oxygen atoms in total.